The van der Waals surface area contributed by atoms with Crippen LogP contribution in [0, 0.1) is 11.3 Å². The zero-order chi connectivity index (χ0) is 17.9. The van der Waals surface area contributed by atoms with E-state index in [1.54, 1.807) is 29.6 Å². The van der Waals surface area contributed by atoms with Crippen LogP contribution >= 0.6 is 0 Å². The summed E-state index contributed by atoms with van der Waals surface area (Å²) in [5.74, 6) is -1.76. The van der Waals surface area contributed by atoms with Gasteiger partial charge in [0.25, 0.3) is 0 Å². The number of anilines is 1. The predicted octanol–water partition coefficient (Wildman–Crippen LogP) is -0.616. The Bertz CT molecular complexity index is 596. The number of hydrogen-bond donors (Lipinski definition) is 2. The molecule has 0 saturated heterocycles. The van der Waals surface area contributed by atoms with Gasteiger partial charge in [-0.05, 0) is 26.0 Å². The Hall–Kier alpha value is -2.43. The van der Waals surface area contributed by atoms with Gasteiger partial charge < -0.3 is 25.3 Å². The van der Waals surface area contributed by atoms with Gasteiger partial charge in [-0.3, -0.25) is 4.79 Å². The van der Waals surface area contributed by atoms with E-state index in [4.69, 9.17) is 10.00 Å². The molecule has 0 aromatic heterocycles. The van der Waals surface area contributed by atoms with E-state index in [9.17, 15) is 14.7 Å². The molecule has 0 aliphatic heterocycles. The van der Waals surface area contributed by atoms with Gasteiger partial charge in [-0.2, -0.15) is 5.26 Å². The summed E-state index contributed by atoms with van der Waals surface area (Å²) in [6.45, 7) is 4.91. The lowest BCUT2D eigenvalue weighted by atomic mass is 10.1. The molecule has 1 aromatic rings. The molecule has 7 nitrogen and oxygen atoms in total. The molecule has 1 aromatic carbocycles. The van der Waals surface area contributed by atoms with Gasteiger partial charge in [0, 0.05) is 6.42 Å². The highest BCUT2D eigenvalue weighted by molar-refractivity contribution is 5.94. The molecule has 0 heterocycles. The number of nitriles is 1. The minimum absolute atomic E-state index is 0.132. The fourth-order valence-electron chi connectivity index (χ4n) is 2.07. The highest BCUT2D eigenvalue weighted by atomic mass is 16.5. The van der Waals surface area contributed by atoms with Gasteiger partial charge in [-0.1, -0.05) is 12.1 Å². The number of benzene rings is 1. The van der Waals surface area contributed by atoms with E-state index < -0.39 is 17.9 Å². The second-order valence-electron chi connectivity index (χ2n) is 5.63. The highest BCUT2D eigenvalue weighted by Gasteiger charge is 2.18. The van der Waals surface area contributed by atoms with Crippen molar-refractivity contribution in [3.63, 3.8) is 0 Å². The Morgan fingerprint density at radius 1 is 1.38 bits per heavy atom. The molecule has 3 N–H and O–H groups in total. The maximum Gasteiger partial charge on any atom is 0.230 e. The Balaban J connectivity index is 2.48. The predicted molar refractivity (Wildman–Crippen MR) is 85.7 cm³/mol. The van der Waals surface area contributed by atoms with E-state index in [0.29, 0.717) is 30.8 Å². The number of hydrogen-bond acceptors (Lipinski definition) is 5. The molecule has 0 saturated carbocycles. The number of para-hydroxylation sites is 1. The first kappa shape index (κ1) is 19.6. The van der Waals surface area contributed by atoms with Crippen molar-refractivity contribution >= 4 is 17.6 Å². The lowest BCUT2D eigenvalue weighted by Gasteiger charge is -2.17. The van der Waals surface area contributed by atoms with Crippen molar-refractivity contribution in [1.29, 1.82) is 5.26 Å². The zero-order valence-corrected chi connectivity index (χ0v) is 14.0. The normalized spacial score (nSPS) is 11.8. The maximum atomic E-state index is 12.0. The summed E-state index contributed by atoms with van der Waals surface area (Å²) in [7, 11) is 0. The largest absolute Gasteiger partial charge is 0.544 e. The summed E-state index contributed by atoms with van der Waals surface area (Å²) in [6, 6.07) is 7.54. The quantitative estimate of drug-likeness (QED) is 0.553. The van der Waals surface area contributed by atoms with Crippen LogP contribution in [-0.4, -0.2) is 37.2 Å². The van der Waals surface area contributed by atoms with Crippen LogP contribution in [-0.2, 0) is 14.3 Å². The number of aliphatic carboxylic acids is 1. The lowest BCUT2D eigenvalue weighted by Crippen LogP contribution is -2.93. The van der Waals surface area contributed by atoms with Crippen molar-refractivity contribution in [3.8, 4) is 6.07 Å². The Kier molecular flexibility index (Phi) is 8.47. The number of ether oxygens (including phenoxy) is 1. The van der Waals surface area contributed by atoms with Gasteiger partial charge in [0.15, 0.2) is 0 Å². The van der Waals surface area contributed by atoms with E-state index in [2.05, 4.69) is 5.32 Å². The minimum Gasteiger partial charge on any atom is -0.544 e. The van der Waals surface area contributed by atoms with E-state index in [-0.39, 0.29) is 12.5 Å². The fourth-order valence-corrected chi connectivity index (χ4v) is 2.07. The minimum atomic E-state index is -1.29. The van der Waals surface area contributed by atoms with Crippen LogP contribution in [0.1, 0.15) is 32.3 Å². The smallest absolute Gasteiger partial charge is 0.230 e. The van der Waals surface area contributed by atoms with E-state index >= 15 is 0 Å². The van der Waals surface area contributed by atoms with Gasteiger partial charge in [0.05, 0.1) is 42.9 Å². The highest BCUT2D eigenvalue weighted by Crippen LogP contribution is 2.13. The number of nitrogens with two attached hydrogens (primary N) is 1. The van der Waals surface area contributed by atoms with E-state index in [0.717, 1.165) is 0 Å². The molecule has 0 fully saturated rings. The monoisotopic (exact) mass is 333 g/mol. The molecule has 0 aliphatic rings. The summed E-state index contributed by atoms with van der Waals surface area (Å²) in [6.07, 6.45) is 0.585. The van der Waals surface area contributed by atoms with Gasteiger partial charge in [0.2, 0.25) is 5.91 Å². The topological polar surface area (TPSA) is 119 Å². The molecule has 24 heavy (non-hydrogen) atoms. The fraction of sp³-hybridized carbons (Fsp3) is 0.471. The molecule has 1 amide bonds. The molecule has 0 spiro atoms. The van der Waals surface area contributed by atoms with Crippen molar-refractivity contribution in [3.05, 3.63) is 29.8 Å². The number of carboxylic acids is 1. The molecular weight excluding hydrogens is 310 g/mol. The van der Waals surface area contributed by atoms with Crippen LogP contribution in [0.5, 0.6) is 0 Å². The number of quaternary nitrogens is 1. The number of nitrogens with one attached hydrogen (secondary N) is 1. The third-order valence-corrected chi connectivity index (χ3v) is 3.28. The maximum absolute atomic E-state index is 12.0. The van der Waals surface area contributed by atoms with Crippen LogP contribution < -0.4 is 15.7 Å². The van der Waals surface area contributed by atoms with Crippen LogP contribution in [0.25, 0.3) is 0 Å². The van der Waals surface area contributed by atoms with Crippen molar-refractivity contribution in [2.24, 2.45) is 0 Å². The molecule has 0 aliphatic carbocycles. The first-order valence-electron chi connectivity index (χ1n) is 7.88. The molecule has 0 bridgehead atoms. The SMILES string of the molecule is CC(C)OCCC[NH2+][C@H](CC(=O)Nc1ccccc1C#N)C(=O)[O-]. The van der Waals surface area contributed by atoms with E-state index in [1.165, 1.54) is 0 Å². The van der Waals surface area contributed by atoms with Crippen LogP contribution in [0.15, 0.2) is 24.3 Å². The zero-order valence-electron chi connectivity index (χ0n) is 14.0. The second-order valence-corrected chi connectivity index (χ2v) is 5.63. The molecular formula is C17H23N3O4. The van der Waals surface area contributed by atoms with Crippen LogP contribution in [0.4, 0.5) is 5.69 Å². The first-order valence-corrected chi connectivity index (χ1v) is 7.88. The number of carboxylic acid groups (broad SMARTS) is 1. The number of carbonyl (C=O) groups is 2. The first-order chi connectivity index (χ1) is 11.4. The van der Waals surface area contributed by atoms with Crippen LogP contribution in [0.3, 0.4) is 0 Å². The molecule has 1 atom stereocenters. The Morgan fingerprint density at radius 2 is 2.08 bits per heavy atom. The third-order valence-electron chi connectivity index (χ3n) is 3.28. The lowest BCUT2D eigenvalue weighted by molar-refractivity contribution is -0.682. The van der Waals surface area contributed by atoms with Crippen molar-refractivity contribution in [1.82, 2.24) is 0 Å². The number of rotatable bonds is 10. The average molecular weight is 333 g/mol. The Labute approximate surface area is 141 Å². The molecule has 130 valence electrons. The molecule has 1 rings (SSSR count). The molecule has 0 radical (unpaired) electrons. The van der Waals surface area contributed by atoms with Crippen molar-refractivity contribution in [2.75, 3.05) is 18.5 Å². The average Bonchev–Trinajstić information content (AvgIpc) is 2.53. The summed E-state index contributed by atoms with van der Waals surface area (Å²) in [4.78, 5) is 23.2. The summed E-state index contributed by atoms with van der Waals surface area (Å²) < 4.78 is 5.38. The number of amides is 1. The molecule has 7 heteroatoms. The summed E-state index contributed by atoms with van der Waals surface area (Å²) >= 11 is 0. The van der Waals surface area contributed by atoms with Gasteiger partial charge in [-0.15, -0.1) is 0 Å². The number of carbonyl (C=O) groups excluding carboxylic acids is 2. The van der Waals surface area contributed by atoms with Crippen molar-refractivity contribution in [2.45, 2.75) is 38.8 Å². The van der Waals surface area contributed by atoms with Gasteiger partial charge >= 0.3 is 0 Å². The standard InChI is InChI=1S/C17H23N3O4/c1-12(2)24-9-5-8-19-15(17(22)23)10-16(21)20-14-7-4-3-6-13(14)11-18/h3-4,6-7,12,15,19H,5,8-10H2,1-2H3,(H,20,21)(H,22,23)/t15-/m1/s1. The van der Waals surface area contributed by atoms with E-state index in [1.807, 2.05) is 19.9 Å². The second kappa shape index (κ2) is 10.4. The third kappa shape index (κ3) is 7.22. The number of nitrogens with zero attached hydrogens (tertiary/aromatic N) is 1. The Morgan fingerprint density at radius 3 is 2.71 bits per heavy atom. The van der Waals surface area contributed by atoms with Crippen molar-refractivity contribution < 1.29 is 24.7 Å². The van der Waals surface area contributed by atoms with Gasteiger partial charge in [-0.25, -0.2) is 0 Å². The summed E-state index contributed by atoms with van der Waals surface area (Å²) in [5, 5.41) is 24.3. The van der Waals surface area contributed by atoms with Gasteiger partial charge in [0.1, 0.15) is 12.1 Å². The van der Waals surface area contributed by atoms with Crippen LogP contribution in [0.2, 0.25) is 0 Å². The molecule has 0 unspecified atom stereocenters. The summed E-state index contributed by atoms with van der Waals surface area (Å²) in [5.41, 5.74) is 0.693.